The molecule has 1 saturated heterocycles. The van der Waals surface area contributed by atoms with Gasteiger partial charge in [-0.2, -0.15) is 0 Å². The lowest BCUT2D eigenvalue weighted by Crippen LogP contribution is -2.36. The number of nitrogens with one attached hydrogen (secondary N) is 1. The Labute approximate surface area is 167 Å². The number of ether oxygens (including phenoxy) is 1. The number of fused-ring (bicyclic) bond motifs is 1. The van der Waals surface area contributed by atoms with E-state index in [1.54, 1.807) is 24.3 Å². The number of nitrogens with zero attached hydrogens (tertiary/aromatic N) is 1. The monoisotopic (exact) mass is 448 g/mol. The number of alkyl halides is 1. The molecule has 156 valence electrons. The van der Waals surface area contributed by atoms with E-state index in [-0.39, 0.29) is 17.4 Å². The summed E-state index contributed by atoms with van der Waals surface area (Å²) in [6.07, 6.45) is -2.63. The van der Waals surface area contributed by atoms with E-state index in [1.807, 2.05) is 4.98 Å². The SMILES string of the molecule is O=c1[nH]c(=O)n([C@@H]2O[C@](F)(COP3(=O)OCc4ccccc4O3)C[C@H]2O)cc1Cl. The highest BCUT2D eigenvalue weighted by Crippen LogP contribution is 2.55. The molecule has 1 aromatic heterocycles. The molecule has 0 saturated carbocycles. The van der Waals surface area contributed by atoms with E-state index in [1.165, 1.54) is 0 Å². The second kappa shape index (κ2) is 7.35. The second-order valence-electron chi connectivity index (χ2n) is 6.50. The molecule has 13 heteroatoms. The van der Waals surface area contributed by atoms with Gasteiger partial charge in [-0.05, 0) is 6.07 Å². The standard InChI is InChI=1S/C16H15ClFN2O8P/c17-10-6-20(15(23)19-13(10)22)14-11(21)5-16(18,27-14)8-26-29(24)25-7-9-3-1-2-4-12(9)28-29/h1-4,6,11,14,21H,5,7-8H2,(H,19,22,23)/t11-,14-,16+,29?/m1/s1. The molecule has 3 heterocycles. The summed E-state index contributed by atoms with van der Waals surface area (Å²) in [5.41, 5.74) is -1.13. The highest BCUT2D eigenvalue weighted by atomic mass is 35.5. The Morgan fingerprint density at radius 3 is 2.97 bits per heavy atom. The van der Waals surface area contributed by atoms with E-state index < -0.39 is 50.3 Å². The summed E-state index contributed by atoms with van der Waals surface area (Å²) >= 11 is 5.68. The van der Waals surface area contributed by atoms with Gasteiger partial charge in [-0.25, -0.2) is 13.8 Å². The molecular weight excluding hydrogens is 434 g/mol. The van der Waals surface area contributed by atoms with Gasteiger partial charge < -0.3 is 14.4 Å². The van der Waals surface area contributed by atoms with Crippen molar-refractivity contribution in [3.63, 3.8) is 0 Å². The zero-order chi connectivity index (χ0) is 20.8. The first-order valence-electron chi connectivity index (χ1n) is 8.40. The normalized spacial score (nSPS) is 31.3. The number of aromatic amines is 1. The van der Waals surface area contributed by atoms with Crippen LogP contribution in [0.5, 0.6) is 5.75 Å². The second-order valence-corrected chi connectivity index (χ2v) is 8.50. The molecule has 0 aliphatic carbocycles. The van der Waals surface area contributed by atoms with Crippen molar-refractivity contribution in [1.29, 1.82) is 0 Å². The third-order valence-corrected chi connectivity index (χ3v) is 5.95. The molecule has 29 heavy (non-hydrogen) atoms. The van der Waals surface area contributed by atoms with Gasteiger partial charge in [-0.15, -0.1) is 0 Å². The average molecular weight is 449 g/mol. The van der Waals surface area contributed by atoms with Crippen molar-refractivity contribution < 1.29 is 32.4 Å². The van der Waals surface area contributed by atoms with Crippen molar-refractivity contribution in [3.8, 4) is 5.75 Å². The summed E-state index contributed by atoms with van der Waals surface area (Å²) in [7, 11) is -4.11. The van der Waals surface area contributed by atoms with Crippen LogP contribution in [0.25, 0.3) is 0 Å². The number of benzene rings is 1. The molecule has 0 spiro atoms. The number of aliphatic hydroxyl groups is 1. The molecule has 2 aliphatic rings. The number of hydrogen-bond acceptors (Lipinski definition) is 8. The topological polar surface area (TPSA) is 129 Å². The zero-order valence-corrected chi connectivity index (χ0v) is 16.3. The number of phosphoric ester groups is 1. The van der Waals surface area contributed by atoms with Gasteiger partial charge in [-0.3, -0.25) is 23.4 Å². The molecule has 4 atom stereocenters. The number of para-hydroxylation sites is 1. The van der Waals surface area contributed by atoms with Gasteiger partial charge >= 0.3 is 13.5 Å². The summed E-state index contributed by atoms with van der Waals surface area (Å²) in [4.78, 5) is 25.2. The van der Waals surface area contributed by atoms with E-state index in [2.05, 4.69) is 0 Å². The van der Waals surface area contributed by atoms with Crippen LogP contribution in [0.2, 0.25) is 5.02 Å². The lowest BCUT2D eigenvalue weighted by Gasteiger charge is -2.27. The molecule has 1 aromatic carbocycles. The van der Waals surface area contributed by atoms with E-state index in [9.17, 15) is 19.3 Å². The van der Waals surface area contributed by atoms with Crippen LogP contribution in [0.3, 0.4) is 0 Å². The lowest BCUT2D eigenvalue weighted by molar-refractivity contribution is -0.179. The molecule has 0 bridgehead atoms. The van der Waals surface area contributed by atoms with Crippen LogP contribution in [-0.2, 0) is 25.0 Å². The van der Waals surface area contributed by atoms with E-state index in [4.69, 9.17) is 29.9 Å². The Morgan fingerprint density at radius 2 is 2.17 bits per heavy atom. The maximum absolute atomic E-state index is 15.1. The van der Waals surface area contributed by atoms with Crippen molar-refractivity contribution in [2.75, 3.05) is 6.61 Å². The highest BCUT2D eigenvalue weighted by Gasteiger charge is 2.50. The summed E-state index contributed by atoms with van der Waals surface area (Å²) in [6.45, 7) is -0.948. The van der Waals surface area contributed by atoms with Gasteiger partial charge in [0, 0.05) is 18.2 Å². The van der Waals surface area contributed by atoms with Crippen LogP contribution in [0, 0.1) is 0 Å². The van der Waals surface area contributed by atoms with Crippen molar-refractivity contribution in [2.45, 2.75) is 31.2 Å². The number of aliphatic hydroxyl groups excluding tert-OH is 1. The Bertz CT molecular complexity index is 1110. The van der Waals surface area contributed by atoms with Crippen LogP contribution < -0.4 is 15.8 Å². The van der Waals surface area contributed by atoms with Gasteiger partial charge in [0.15, 0.2) is 6.23 Å². The summed E-state index contributed by atoms with van der Waals surface area (Å²) in [5, 5.41) is 9.80. The first-order chi connectivity index (χ1) is 13.7. The van der Waals surface area contributed by atoms with Gasteiger partial charge in [0.05, 0.1) is 6.61 Å². The number of rotatable bonds is 4. The van der Waals surface area contributed by atoms with Gasteiger partial charge in [0.25, 0.3) is 5.56 Å². The largest absolute Gasteiger partial charge is 0.530 e. The van der Waals surface area contributed by atoms with Crippen molar-refractivity contribution >= 4 is 19.4 Å². The lowest BCUT2D eigenvalue weighted by atomic mass is 10.2. The van der Waals surface area contributed by atoms with Gasteiger partial charge in [0.1, 0.15) is 23.5 Å². The number of hydrogen-bond donors (Lipinski definition) is 2. The molecular formula is C16H15ClFN2O8P. The molecule has 2 aliphatic heterocycles. The van der Waals surface area contributed by atoms with Crippen molar-refractivity contribution in [2.24, 2.45) is 0 Å². The number of H-pyrrole nitrogens is 1. The highest BCUT2D eigenvalue weighted by molar-refractivity contribution is 7.49. The fourth-order valence-electron chi connectivity index (χ4n) is 2.99. The fraction of sp³-hybridized carbons (Fsp3) is 0.375. The van der Waals surface area contributed by atoms with Crippen LogP contribution in [0.1, 0.15) is 18.2 Å². The summed E-state index contributed by atoms with van der Waals surface area (Å²) < 4.78 is 48.9. The molecule has 2 N–H and O–H groups in total. The molecule has 1 fully saturated rings. The smallest absolute Gasteiger partial charge is 0.404 e. The van der Waals surface area contributed by atoms with Crippen LogP contribution >= 0.6 is 19.4 Å². The minimum Gasteiger partial charge on any atom is -0.404 e. The third-order valence-electron chi connectivity index (χ3n) is 4.37. The molecule has 10 nitrogen and oxygen atoms in total. The number of phosphoric acid groups is 1. The minimum absolute atomic E-state index is 0.0515. The quantitative estimate of drug-likeness (QED) is 0.678. The Hall–Kier alpha value is -2.01. The van der Waals surface area contributed by atoms with Gasteiger partial charge in [0.2, 0.25) is 5.85 Å². The van der Waals surface area contributed by atoms with Crippen LogP contribution in [-0.4, -0.2) is 33.2 Å². The fourth-order valence-corrected chi connectivity index (χ4v) is 4.39. The molecule has 2 aromatic rings. The maximum atomic E-state index is 15.1. The average Bonchev–Trinajstić information content (AvgIpc) is 2.98. The minimum atomic E-state index is -4.11. The van der Waals surface area contributed by atoms with Crippen molar-refractivity contribution in [1.82, 2.24) is 9.55 Å². The number of halogens is 2. The van der Waals surface area contributed by atoms with Crippen LogP contribution in [0.4, 0.5) is 4.39 Å². The van der Waals surface area contributed by atoms with E-state index in [0.29, 0.717) is 5.56 Å². The third kappa shape index (κ3) is 4.02. The first-order valence-corrected chi connectivity index (χ1v) is 10.2. The van der Waals surface area contributed by atoms with E-state index >= 15 is 4.39 Å². The summed E-state index contributed by atoms with van der Waals surface area (Å²) in [6, 6.07) is 6.69. The number of aromatic nitrogens is 2. The molecule has 0 radical (unpaired) electrons. The predicted octanol–water partition coefficient (Wildman–Crippen LogP) is 1.87. The Morgan fingerprint density at radius 1 is 1.41 bits per heavy atom. The zero-order valence-electron chi connectivity index (χ0n) is 14.6. The van der Waals surface area contributed by atoms with Crippen LogP contribution in [0.15, 0.2) is 40.1 Å². The molecule has 1 unspecified atom stereocenters. The predicted molar refractivity (Wildman–Crippen MR) is 96.3 cm³/mol. The Balaban J connectivity index is 1.48. The molecule has 0 amide bonds. The van der Waals surface area contributed by atoms with Gasteiger partial charge in [-0.1, -0.05) is 29.8 Å². The first kappa shape index (κ1) is 20.3. The van der Waals surface area contributed by atoms with E-state index in [0.717, 1.165) is 10.8 Å². The van der Waals surface area contributed by atoms with Crippen molar-refractivity contribution in [3.05, 3.63) is 61.9 Å². The molecule has 4 rings (SSSR count). The summed E-state index contributed by atoms with van der Waals surface area (Å²) in [5.74, 6) is -2.32. The maximum Gasteiger partial charge on any atom is 0.530 e. The Kier molecular flexibility index (Phi) is 5.14.